The molecule has 3 aromatic rings. The third-order valence-electron chi connectivity index (χ3n) is 2.47. The molecule has 1 aromatic carbocycles. The average molecular weight is 324 g/mol. The lowest BCUT2D eigenvalue weighted by Crippen LogP contribution is -2.12. The summed E-state index contributed by atoms with van der Waals surface area (Å²) in [6.45, 7) is 0. The Morgan fingerprint density at radius 3 is 2.61 bits per heavy atom. The highest BCUT2D eigenvalue weighted by molar-refractivity contribution is 9.10. The van der Waals surface area contributed by atoms with Crippen molar-refractivity contribution in [3.8, 4) is 10.4 Å². The summed E-state index contributed by atoms with van der Waals surface area (Å²) in [5, 5.41) is 0. The zero-order valence-corrected chi connectivity index (χ0v) is 11.3. The number of aromatic nitrogens is 1. The summed E-state index contributed by atoms with van der Waals surface area (Å²) in [6.07, 6.45) is 0. The van der Waals surface area contributed by atoms with Gasteiger partial charge in [-0.05, 0) is 23.8 Å². The van der Waals surface area contributed by atoms with Crippen molar-refractivity contribution < 1.29 is 4.42 Å². The van der Waals surface area contributed by atoms with Crippen LogP contribution in [-0.2, 0) is 0 Å². The third kappa shape index (κ3) is 1.93. The molecular weight excluding hydrogens is 318 g/mol. The molecule has 2 heterocycles. The zero-order chi connectivity index (χ0) is 12.7. The van der Waals surface area contributed by atoms with Gasteiger partial charge in [0.2, 0.25) is 0 Å². The van der Waals surface area contributed by atoms with Gasteiger partial charge in [-0.1, -0.05) is 28.1 Å². The molecule has 18 heavy (non-hydrogen) atoms. The predicted molar refractivity (Wildman–Crippen MR) is 74.1 cm³/mol. The summed E-state index contributed by atoms with van der Waals surface area (Å²) >= 11 is 4.66. The molecule has 0 aliphatic rings. The van der Waals surface area contributed by atoms with Gasteiger partial charge in [0.05, 0.1) is 5.52 Å². The van der Waals surface area contributed by atoms with E-state index in [-0.39, 0.29) is 0 Å². The van der Waals surface area contributed by atoms with Gasteiger partial charge in [-0.25, -0.2) is 9.59 Å². The van der Waals surface area contributed by atoms with Gasteiger partial charge in [-0.2, -0.15) is 0 Å². The highest BCUT2D eigenvalue weighted by Gasteiger charge is 2.09. The largest absolute Gasteiger partial charge is 0.419 e. The van der Waals surface area contributed by atoms with Crippen LogP contribution in [0.15, 0.2) is 48.8 Å². The standard InChI is InChI=1S/C12H6BrNO3S/c13-7-3-1-6(2-4-7)9-5-8-10(18-9)11(15)17-12(16)14-8/h1-5H,(H,14,16). The average Bonchev–Trinajstić information content (AvgIpc) is 2.74. The normalized spacial score (nSPS) is 10.9. The summed E-state index contributed by atoms with van der Waals surface area (Å²) in [6, 6.07) is 9.50. The van der Waals surface area contributed by atoms with Crippen LogP contribution in [-0.4, -0.2) is 4.98 Å². The van der Waals surface area contributed by atoms with E-state index in [2.05, 4.69) is 25.3 Å². The molecule has 0 radical (unpaired) electrons. The number of fused-ring (bicyclic) bond motifs is 1. The molecule has 1 N–H and O–H groups in total. The Morgan fingerprint density at radius 2 is 1.89 bits per heavy atom. The second kappa shape index (κ2) is 4.22. The summed E-state index contributed by atoms with van der Waals surface area (Å²) < 4.78 is 5.90. The Balaban J connectivity index is 2.25. The van der Waals surface area contributed by atoms with Crippen LogP contribution in [0.4, 0.5) is 0 Å². The monoisotopic (exact) mass is 323 g/mol. The lowest BCUT2D eigenvalue weighted by Gasteiger charge is -1.95. The van der Waals surface area contributed by atoms with E-state index in [1.54, 1.807) is 6.07 Å². The Morgan fingerprint density at radius 1 is 1.17 bits per heavy atom. The minimum absolute atomic E-state index is 0.424. The SMILES string of the molecule is O=c1[nH]c2cc(-c3ccc(Br)cc3)sc2c(=O)o1. The molecule has 2 aromatic heterocycles. The number of benzene rings is 1. The van der Waals surface area contributed by atoms with Gasteiger partial charge in [0.15, 0.2) is 0 Å². The maximum Gasteiger partial charge on any atom is 0.419 e. The highest BCUT2D eigenvalue weighted by atomic mass is 79.9. The van der Waals surface area contributed by atoms with E-state index in [4.69, 9.17) is 0 Å². The molecule has 0 unspecified atom stereocenters. The molecule has 0 atom stereocenters. The minimum atomic E-state index is -0.729. The van der Waals surface area contributed by atoms with Crippen molar-refractivity contribution in [3.63, 3.8) is 0 Å². The molecule has 0 aliphatic carbocycles. The fraction of sp³-hybridized carbons (Fsp3) is 0. The van der Waals surface area contributed by atoms with Crippen LogP contribution < -0.4 is 11.4 Å². The molecular formula is C12H6BrNO3S. The van der Waals surface area contributed by atoms with Crippen molar-refractivity contribution in [2.45, 2.75) is 0 Å². The number of nitrogens with one attached hydrogen (secondary N) is 1. The highest BCUT2D eigenvalue weighted by Crippen LogP contribution is 2.31. The van der Waals surface area contributed by atoms with Gasteiger partial charge in [0.25, 0.3) is 0 Å². The van der Waals surface area contributed by atoms with Crippen molar-refractivity contribution in [1.29, 1.82) is 0 Å². The van der Waals surface area contributed by atoms with E-state index in [1.807, 2.05) is 24.3 Å². The lowest BCUT2D eigenvalue weighted by molar-refractivity contribution is 0.461. The number of aromatic amines is 1. The first-order valence-electron chi connectivity index (χ1n) is 5.06. The van der Waals surface area contributed by atoms with Gasteiger partial charge in [0.1, 0.15) is 4.70 Å². The van der Waals surface area contributed by atoms with Crippen molar-refractivity contribution in [3.05, 3.63) is 55.8 Å². The minimum Gasteiger partial charge on any atom is -0.372 e. The van der Waals surface area contributed by atoms with Crippen LogP contribution in [0.5, 0.6) is 0 Å². The van der Waals surface area contributed by atoms with E-state index < -0.39 is 11.4 Å². The second-order valence-electron chi connectivity index (χ2n) is 3.66. The maximum atomic E-state index is 11.5. The lowest BCUT2D eigenvalue weighted by atomic mass is 10.2. The van der Waals surface area contributed by atoms with Crippen LogP contribution in [0.1, 0.15) is 0 Å². The first kappa shape index (κ1) is 11.4. The quantitative estimate of drug-likeness (QED) is 0.748. The summed E-state index contributed by atoms with van der Waals surface area (Å²) in [7, 11) is 0. The summed E-state index contributed by atoms with van der Waals surface area (Å²) in [5.74, 6) is -0.729. The molecule has 0 amide bonds. The van der Waals surface area contributed by atoms with Gasteiger partial charge in [-0.3, -0.25) is 4.98 Å². The zero-order valence-electron chi connectivity index (χ0n) is 8.90. The molecule has 0 saturated heterocycles. The first-order chi connectivity index (χ1) is 8.63. The number of rotatable bonds is 1. The van der Waals surface area contributed by atoms with Gasteiger partial charge in [-0.15, -0.1) is 11.3 Å². The fourth-order valence-corrected chi connectivity index (χ4v) is 2.92. The van der Waals surface area contributed by atoms with Crippen LogP contribution in [0.25, 0.3) is 20.7 Å². The molecule has 4 nitrogen and oxygen atoms in total. The predicted octanol–water partition coefficient (Wildman–Crippen LogP) is 2.97. The molecule has 0 aliphatic heterocycles. The van der Waals surface area contributed by atoms with E-state index in [0.29, 0.717) is 10.2 Å². The Bertz CT molecular complexity index is 829. The van der Waals surface area contributed by atoms with Crippen molar-refractivity contribution >= 4 is 37.5 Å². The van der Waals surface area contributed by atoms with Crippen molar-refractivity contribution in [2.75, 3.05) is 0 Å². The first-order valence-corrected chi connectivity index (χ1v) is 6.67. The number of hydrogen-bond acceptors (Lipinski definition) is 4. The second-order valence-corrected chi connectivity index (χ2v) is 5.63. The van der Waals surface area contributed by atoms with Gasteiger partial charge < -0.3 is 4.42 Å². The number of thiophene rings is 1. The van der Waals surface area contributed by atoms with Crippen LogP contribution in [0.2, 0.25) is 0 Å². The molecule has 90 valence electrons. The molecule has 0 spiro atoms. The van der Waals surface area contributed by atoms with Gasteiger partial charge >= 0.3 is 11.4 Å². The third-order valence-corrected chi connectivity index (χ3v) is 4.16. The van der Waals surface area contributed by atoms with E-state index in [1.165, 1.54) is 11.3 Å². The molecule has 0 saturated carbocycles. The van der Waals surface area contributed by atoms with Crippen molar-refractivity contribution in [2.24, 2.45) is 0 Å². The van der Waals surface area contributed by atoms with Crippen LogP contribution >= 0.6 is 27.3 Å². The number of hydrogen-bond donors (Lipinski definition) is 1. The van der Waals surface area contributed by atoms with Crippen molar-refractivity contribution in [1.82, 2.24) is 4.98 Å². The molecule has 0 bridgehead atoms. The molecule has 6 heteroatoms. The van der Waals surface area contributed by atoms with E-state index >= 15 is 0 Å². The molecule has 3 rings (SSSR count). The Labute approximate surface area is 113 Å². The fourth-order valence-electron chi connectivity index (χ4n) is 1.66. The van der Waals surface area contributed by atoms with Gasteiger partial charge in [0, 0.05) is 9.35 Å². The number of halogens is 1. The maximum absolute atomic E-state index is 11.5. The smallest absolute Gasteiger partial charge is 0.372 e. The van der Waals surface area contributed by atoms with E-state index in [9.17, 15) is 9.59 Å². The Kier molecular flexibility index (Phi) is 2.68. The Hall–Kier alpha value is -1.66. The van der Waals surface area contributed by atoms with Crippen LogP contribution in [0, 0.1) is 0 Å². The van der Waals surface area contributed by atoms with E-state index in [0.717, 1.165) is 14.9 Å². The summed E-state index contributed by atoms with van der Waals surface area (Å²) in [4.78, 5) is 26.0. The topological polar surface area (TPSA) is 63.1 Å². The number of H-pyrrole nitrogens is 1. The molecule has 0 fully saturated rings. The van der Waals surface area contributed by atoms with Crippen LogP contribution in [0.3, 0.4) is 0 Å². The summed E-state index contributed by atoms with van der Waals surface area (Å²) in [5.41, 5.74) is 0.904.